The molecule has 5 aromatic rings. The lowest BCUT2D eigenvalue weighted by atomic mass is 10.0. The lowest BCUT2D eigenvalue weighted by Gasteiger charge is -2.12. The Kier molecular flexibility index (Phi) is 5.68. The Morgan fingerprint density at radius 1 is 0.744 bits per heavy atom. The van der Waals surface area contributed by atoms with E-state index in [0.717, 1.165) is 33.7 Å². The first-order valence-electron chi connectivity index (χ1n) is 12.8. The van der Waals surface area contributed by atoms with E-state index >= 15 is 0 Å². The van der Waals surface area contributed by atoms with Crippen LogP contribution in [0.1, 0.15) is 34.7 Å². The first-order chi connectivity index (χ1) is 20.6. The summed E-state index contributed by atoms with van der Waals surface area (Å²) in [4.78, 5) is 7.83. The molecule has 0 fully saturated rings. The third-order valence-corrected chi connectivity index (χ3v) is 10.2. The summed E-state index contributed by atoms with van der Waals surface area (Å²) in [6.45, 7) is 19.6. The summed E-state index contributed by atoms with van der Waals surface area (Å²) >= 11 is 2.56. The maximum atomic E-state index is 14.7. The molecule has 7 rings (SSSR count). The molecule has 0 saturated carbocycles. The second kappa shape index (κ2) is 9.15. The number of nitrogens with zero attached hydrogens (tertiary/aromatic N) is 5. The molecule has 2 aromatic carbocycles. The zero-order chi connectivity index (χ0) is 30.5. The van der Waals surface area contributed by atoms with Crippen molar-refractivity contribution in [2.45, 2.75) is 20.4 Å². The lowest BCUT2D eigenvalue weighted by Crippen LogP contribution is -2.04. The highest BCUT2D eigenvalue weighted by Crippen LogP contribution is 2.60. The monoisotopic (exact) mass is 607 g/mol. The maximum absolute atomic E-state index is 14.7. The smallest absolute Gasteiger partial charge is 0.271 e. The predicted molar refractivity (Wildman–Crippen MR) is 157 cm³/mol. The van der Waals surface area contributed by atoms with Crippen molar-refractivity contribution in [2.24, 2.45) is 5.92 Å². The summed E-state index contributed by atoms with van der Waals surface area (Å²) in [5, 5.41) is 19.5. The van der Waals surface area contributed by atoms with Crippen molar-refractivity contribution in [3.05, 3.63) is 103 Å². The van der Waals surface area contributed by atoms with Crippen LogP contribution in [-0.2, 0) is 6.54 Å². The Hall–Kier alpha value is -5.20. The molecule has 0 bridgehead atoms. The number of rotatable bonds is 2. The zero-order valence-corrected chi connectivity index (χ0v) is 23.8. The molecule has 0 unspecified atom stereocenters. The first kappa shape index (κ1) is 26.7. The van der Waals surface area contributed by atoms with E-state index in [-0.39, 0.29) is 39.6 Å². The van der Waals surface area contributed by atoms with Crippen LogP contribution in [0, 0.1) is 65.0 Å². The van der Waals surface area contributed by atoms with Gasteiger partial charge in [-0.15, -0.1) is 22.7 Å². The average Bonchev–Trinajstić information content (AvgIpc) is 3.72. The average molecular weight is 608 g/mol. The summed E-state index contributed by atoms with van der Waals surface area (Å²) in [6.07, 6.45) is 0. The molecule has 3 heterocycles. The minimum absolute atomic E-state index is 0.0856. The Balaban J connectivity index is 1.70. The SMILES string of the molecule is [C-]#[N+]/C(C#N)=C1/c2cc(F)c(F)cc2-c2c1sc1c3sc4c(c3n(CC(C)C)c21)-c1cc(F)c(F)cc1/C4=C(/C#N)[N+]#[C-]. The Morgan fingerprint density at radius 2 is 1.12 bits per heavy atom. The minimum atomic E-state index is -1.10. The van der Waals surface area contributed by atoms with E-state index < -0.39 is 23.3 Å². The molecule has 0 amide bonds. The van der Waals surface area contributed by atoms with Crippen molar-refractivity contribution in [2.75, 3.05) is 0 Å². The van der Waals surface area contributed by atoms with Crippen molar-refractivity contribution in [1.82, 2.24) is 4.57 Å². The fraction of sp³-hybridized carbons (Fsp3) is 0.125. The Morgan fingerprint density at radius 3 is 1.44 bits per heavy atom. The standard InChI is InChI=1S/C32H13F4N5S2/c1-12(2)11-41-27-25-15-7-19(35)17(33)5-13(15)23(21(9-37)39-3)29(25)42-31(27)32-28(41)26-16-8-20(36)18(34)6-14(16)24(30(26)43-32)22(10-38)40-4/h5-8,12H,11H2,1-2H3/b23-21-,24-22+. The van der Waals surface area contributed by atoms with E-state index in [0.29, 0.717) is 49.6 Å². The number of hydrogen-bond acceptors (Lipinski definition) is 4. The van der Waals surface area contributed by atoms with Gasteiger partial charge in [0.25, 0.3) is 11.4 Å². The molecule has 0 spiro atoms. The predicted octanol–water partition coefficient (Wildman–Crippen LogP) is 9.50. The molecule has 0 radical (unpaired) electrons. The van der Waals surface area contributed by atoms with Crippen LogP contribution in [0.3, 0.4) is 0 Å². The zero-order valence-electron chi connectivity index (χ0n) is 22.2. The molecule has 3 aromatic heterocycles. The number of allylic oxidation sites excluding steroid dienone is 2. The van der Waals surface area contributed by atoms with E-state index in [2.05, 4.69) is 9.69 Å². The quantitative estimate of drug-likeness (QED) is 0.112. The minimum Gasteiger partial charge on any atom is -0.338 e. The van der Waals surface area contributed by atoms with Crippen LogP contribution < -0.4 is 0 Å². The van der Waals surface area contributed by atoms with Crippen LogP contribution in [0.15, 0.2) is 35.7 Å². The van der Waals surface area contributed by atoms with Gasteiger partial charge < -0.3 is 4.57 Å². The van der Waals surface area contributed by atoms with Gasteiger partial charge in [0.1, 0.15) is 0 Å². The molecule has 0 aliphatic heterocycles. The highest BCUT2D eigenvalue weighted by molar-refractivity contribution is 7.29. The number of halogens is 4. The van der Waals surface area contributed by atoms with Gasteiger partial charge in [0.05, 0.1) is 45.7 Å². The number of nitriles is 2. The van der Waals surface area contributed by atoms with E-state index in [1.807, 2.05) is 30.6 Å². The number of hydrogen-bond donors (Lipinski definition) is 0. The second-order valence-electron chi connectivity index (χ2n) is 10.5. The number of fused-ring (bicyclic) bond motifs is 11. The van der Waals surface area contributed by atoms with Crippen LogP contribution in [0.5, 0.6) is 0 Å². The van der Waals surface area contributed by atoms with Gasteiger partial charge in [0.2, 0.25) is 0 Å². The molecule has 0 saturated heterocycles. The van der Waals surface area contributed by atoms with Crippen molar-refractivity contribution in [3.8, 4) is 34.4 Å². The van der Waals surface area contributed by atoms with Crippen LogP contribution in [0.4, 0.5) is 17.6 Å². The van der Waals surface area contributed by atoms with Gasteiger partial charge in [-0.2, -0.15) is 0 Å². The van der Waals surface area contributed by atoms with Crippen molar-refractivity contribution >= 4 is 54.3 Å². The number of aromatic nitrogens is 1. The van der Waals surface area contributed by atoms with Gasteiger partial charge in [0.15, 0.2) is 23.3 Å². The summed E-state index contributed by atoms with van der Waals surface area (Å²) in [5.74, 6) is -4.25. The molecule has 43 heavy (non-hydrogen) atoms. The highest BCUT2D eigenvalue weighted by Gasteiger charge is 2.39. The van der Waals surface area contributed by atoms with E-state index in [1.54, 1.807) is 0 Å². The van der Waals surface area contributed by atoms with Crippen molar-refractivity contribution < 1.29 is 17.6 Å². The Labute approximate surface area is 249 Å². The van der Waals surface area contributed by atoms with E-state index in [9.17, 15) is 28.1 Å². The van der Waals surface area contributed by atoms with Gasteiger partial charge in [0, 0.05) is 38.6 Å². The largest absolute Gasteiger partial charge is 0.338 e. The molecule has 11 heteroatoms. The van der Waals surface area contributed by atoms with Gasteiger partial charge in [-0.25, -0.2) is 37.8 Å². The third-order valence-electron chi connectivity index (χ3n) is 7.62. The fourth-order valence-corrected chi connectivity index (χ4v) is 8.98. The molecule has 2 aliphatic carbocycles. The molecular formula is C32H13F4N5S2. The van der Waals surface area contributed by atoms with Crippen molar-refractivity contribution in [1.29, 1.82) is 10.5 Å². The summed E-state index contributed by atoms with van der Waals surface area (Å²) in [5.41, 5.74) is 3.70. The van der Waals surface area contributed by atoms with Gasteiger partial charge in [-0.3, -0.25) is 0 Å². The summed E-state index contributed by atoms with van der Waals surface area (Å²) in [6, 6.07) is 7.97. The third kappa shape index (κ3) is 3.38. The van der Waals surface area contributed by atoms with Gasteiger partial charge in [-0.05, 0) is 52.4 Å². The molecule has 206 valence electrons. The molecule has 5 nitrogen and oxygen atoms in total. The van der Waals surface area contributed by atoms with Crippen molar-refractivity contribution in [3.63, 3.8) is 0 Å². The molecular weight excluding hydrogens is 595 g/mol. The number of benzene rings is 2. The van der Waals surface area contributed by atoms with Gasteiger partial charge >= 0.3 is 0 Å². The van der Waals surface area contributed by atoms with Crippen LogP contribution in [0.25, 0.3) is 63.5 Å². The highest BCUT2D eigenvalue weighted by atomic mass is 32.1. The van der Waals surface area contributed by atoms with Crippen LogP contribution in [-0.4, -0.2) is 4.57 Å². The molecule has 0 N–H and O–H groups in total. The molecule has 0 atom stereocenters. The number of thiophene rings is 2. The fourth-order valence-electron chi connectivity index (χ4n) is 6.09. The Bertz CT molecular complexity index is 2200. The maximum Gasteiger partial charge on any atom is 0.271 e. The summed E-state index contributed by atoms with van der Waals surface area (Å²) in [7, 11) is 0. The van der Waals surface area contributed by atoms with E-state index in [4.69, 9.17) is 13.1 Å². The summed E-state index contributed by atoms with van der Waals surface area (Å²) < 4.78 is 61.8. The normalized spacial score (nSPS) is 15.0. The van der Waals surface area contributed by atoms with Gasteiger partial charge in [-0.1, -0.05) is 13.8 Å². The topological polar surface area (TPSA) is 61.2 Å². The second-order valence-corrected chi connectivity index (χ2v) is 12.5. The lowest BCUT2D eigenvalue weighted by molar-refractivity contribution is 0.509. The molecule has 2 aliphatic rings. The van der Waals surface area contributed by atoms with Crippen LogP contribution in [0.2, 0.25) is 0 Å². The first-order valence-corrected chi connectivity index (χ1v) is 14.4. The van der Waals surface area contributed by atoms with E-state index in [1.165, 1.54) is 22.7 Å². The van der Waals surface area contributed by atoms with Crippen LogP contribution >= 0.6 is 22.7 Å².